The van der Waals surface area contributed by atoms with E-state index in [0.29, 0.717) is 13.0 Å². The molecule has 1 aromatic carbocycles. The molecular formula is C11H13ClFNO4S. The van der Waals surface area contributed by atoms with Crippen molar-refractivity contribution in [2.75, 3.05) is 19.8 Å². The lowest BCUT2D eigenvalue weighted by atomic mass is 10.1. The van der Waals surface area contributed by atoms with Crippen LogP contribution in [0.15, 0.2) is 23.1 Å². The Labute approximate surface area is 115 Å². The molecule has 1 aliphatic heterocycles. The zero-order chi connectivity index (χ0) is 14.1. The van der Waals surface area contributed by atoms with E-state index < -0.39 is 21.4 Å². The van der Waals surface area contributed by atoms with Crippen molar-refractivity contribution in [3.63, 3.8) is 0 Å². The Morgan fingerprint density at radius 2 is 2.26 bits per heavy atom. The predicted octanol–water partition coefficient (Wildman–Crippen LogP) is 0.909. The minimum Gasteiger partial charge on any atom is -0.386 e. The van der Waals surface area contributed by atoms with E-state index in [1.807, 2.05) is 0 Å². The zero-order valence-corrected chi connectivity index (χ0v) is 11.5. The van der Waals surface area contributed by atoms with Crippen LogP contribution in [0, 0.1) is 5.82 Å². The summed E-state index contributed by atoms with van der Waals surface area (Å²) in [6.45, 7) is 0.283. The molecule has 1 saturated heterocycles. The van der Waals surface area contributed by atoms with Crippen LogP contribution in [0.1, 0.15) is 6.42 Å². The first-order valence-corrected chi connectivity index (χ1v) is 7.43. The van der Waals surface area contributed by atoms with Crippen molar-refractivity contribution in [2.45, 2.75) is 16.9 Å². The SMILES string of the molecule is O=S(=O)(NCC1(O)CCOC1)c1ccc(F)cc1Cl. The monoisotopic (exact) mass is 309 g/mol. The molecule has 1 atom stereocenters. The molecule has 0 radical (unpaired) electrons. The van der Waals surface area contributed by atoms with E-state index in [0.717, 1.165) is 18.2 Å². The van der Waals surface area contributed by atoms with Crippen LogP contribution in [0.5, 0.6) is 0 Å². The maximum absolute atomic E-state index is 12.9. The van der Waals surface area contributed by atoms with Crippen molar-refractivity contribution in [1.29, 1.82) is 0 Å². The molecule has 0 aliphatic carbocycles. The summed E-state index contributed by atoms with van der Waals surface area (Å²) in [5.41, 5.74) is -1.21. The molecule has 0 bridgehead atoms. The van der Waals surface area contributed by atoms with Crippen LogP contribution in [0.25, 0.3) is 0 Å². The first-order valence-electron chi connectivity index (χ1n) is 5.57. The molecule has 1 unspecified atom stereocenters. The van der Waals surface area contributed by atoms with Gasteiger partial charge >= 0.3 is 0 Å². The standard InChI is InChI=1S/C11H13ClFNO4S/c12-9-5-8(13)1-2-10(9)19(16,17)14-6-11(15)3-4-18-7-11/h1-2,5,14-15H,3-4,6-7H2. The average Bonchev–Trinajstić information content (AvgIpc) is 2.74. The fraction of sp³-hybridized carbons (Fsp3) is 0.455. The summed E-state index contributed by atoms with van der Waals surface area (Å²) in [6.07, 6.45) is 0.354. The fourth-order valence-electron chi connectivity index (χ4n) is 1.74. The van der Waals surface area contributed by atoms with Gasteiger partial charge in [0.2, 0.25) is 10.0 Å². The van der Waals surface area contributed by atoms with E-state index in [-0.39, 0.29) is 23.1 Å². The quantitative estimate of drug-likeness (QED) is 0.867. The summed E-state index contributed by atoms with van der Waals surface area (Å²) < 4.78 is 44.1. The van der Waals surface area contributed by atoms with Gasteiger partial charge in [-0.15, -0.1) is 0 Å². The molecule has 2 rings (SSSR count). The smallest absolute Gasteiger partial charge is 0.242 e. The summed E-state index contributed by atoms with van der Waals surface area (Å²) in [5.74, 6) is -0.619. The van der Waals surface area contributed by atoms with Crippen molar-refractivity contribution in [2.24, 2.45) is 0 Å². The number of nitrogens with one attached hydrogen (secondary N) is 1. The van der Waals surface area contributed by atoms with Crippen LogP contribution in [0.4, 0.5) is 4.39 Å². The van der Waals surface area contributed by atoms with Gasteiger partial charge in [-0.05, 0) is 18.2 Å². The third-order valence-corrected chi connectivity index (χ3v) is 4.74. The highest BCUT2D eigenvalue weighted by molar-refractivity contribution is 7.89. The third kappa shape index (κ3) is 3.43. The second-order valence-electron chi connectivity index (χ2n) is 4.43. The number of halogens is 2. The highest BCUT2D eigenvalue weighted by Crippen LogP contribution is 2.23. The van der Waals surface area contributed by atoms with Crippen LogP contribution >= 0.6 is 11.6 Å². The maximum Gasteiger partial charge on any atom is 0.242 e. The van der Waals surface area contributed by atoms with Gasteiger partial charge in [0.15, 0.2) is 0 Å². The Hall–Kier alpha value is -0.730. The lowest BCUT2D eigenvalue weighted by Gasteiger charge is -2.20. The molecule has 0 amide bonds. The number of aliphatic hydroxyl groups is 1. The normalized spacial score (nSPS) is 23.7. The summed E-state index contributed by atoms with van der Waals surface area (Å²) in [6, 6.07) is 3.01. The van der Waals surface area contributed by atoms with Gasteiger partial charge in [-0.25, -0.2) is 17.5 Å². The largest absolute Gasteiger partial charge is 0.386 e. The van der Waals surface area contributed by atoms with Crippen molar-refractivity contribution in [3.8, 4) is 0 Å². The second kappa shape index (κ2) is 5.34. The Kier molecular flexibility index (Phi) is 4.12. The number of ether oxygens (including phenoxy) is 1. The lowest BCUT2D eigenvalue weighted by Crippen LogP contribution is -2.43. The van der Waals surface area contributed by atoms with E-state index >= 15 is 0 Å². The van der Waals surface area contributed by atoms with E-state index in [2.05, 4.69) is 4.72 Å². The number of hydrogen-bond acceptors (Lipinski definition) is 4. The van der Waals surface area contributed by atoms with Crippen molar-refractivity contribution < 1.29 is 22.7 Å². The summed E-state index contributed by atoms with van der Waals surface area (Å²) in [7, 11) is -3.90. The van der Waals surface area contributed by atoms with Crippen LogP contribution in [-0.2, 0) is 14.8 Å². The Morgan fingerprint density at radius 1 is 1.53 bits per heavy atom. The molecule has 1 aromatic rings. The van der Waals surface area contributed by atoms with Gasteiger partial charge in [-0.3, -0.25) is 0 Å². The van der Waals surface area contributed by atoms with Gasteiger partial charge in [0.05, 0.1) is 11.6 Å². The van der Waals surface area contributed by atoms with Gasteiger partial charge in [0, 0.05) is 19.6 Å². The Bertz CT molecular complexity index is 572. The van der Waals surface area contributed by atoms with Crippen molar-refractivity contribution in [1.82, 2.24) is 4.72 Å². The van der Waals surface area contributed by atoms with E-state index in [1.165, 1.54) is 0 Å². The Morgan fingerprint density at radius 3 is 2.84 bits per heavy atom. The van der Waals surface area contributed by atoms with Crippen LogP contribution in [-0.4, -0.2) is 38.9 Å². The van der Waals surface area contributed by atoms with Gasteiger partial charge in [-0.1, -0.05) is 11.6 Å². The van der Waals surface area contributed by atoms with Gasteiger partial charge < -0.3 is 9.84 Å². The number of hydrogen-bond donors (Lipinski definition) is 2. The number of sulfonamides is 1. The highest BCUT2D eigenvalue weighted by atomic mass is 35.5. The Balaban J connectivity index is 2.14. The topological polar surface area (TPSA) is 75.6 Å². The number of benzene rings is 1. The average molecular weight is 310 g/mol. The minimum atomic E-state index is -3.90. The maximum atomic E-state index is 12.9. The molecule has 8 heteroatoms. The molecule has 19 heavy (non-hydrogen) atoms. The summed E-state index contributed by atoms with van der Waals surface area (Å²) in [5, 5.41) is 9.76. The highest BCUT2D eigenvalue weighted by Gasteiger charge is 2.34. The molecule has 1 heterocycles. The molecule has 106 valence electrons. The molecule has 1 fully saturated rings. The first kappa shape index (κ1) is 14.7. The lowest BCUT2D eigenvalue weighted by molar-refractivity contribution is 0.0314. The van der Waals surface area contributed by atoms with Gasteiger partial charge in [0.1, 0.15) is 16.3 Å². The molecular weight excluding hydrogens is 297 g/mol. The second-order valence-corrected chi connectivity index (χ2v) is 6.57. The van der Waals surface area contributed by atoms with Crippen LogP contribution in [0.2, 0.25) is 5.02 Å². The van der Waals surface area contributed by atoms with Crippen LogP contribution in [0.3, 0.4) is 0 Å². The van der Waals surface area contributed by atoms with Gasteiger partial charge in [0.25, 0.3) is 0 Å². The third-order valence-electron chi connectivity index (χ3n) is 2.86. The molecule has 0 aromatic heterocycles. The molecule has 5 nitrogen and oxygen atoms in total. The van der Waals surface area contributed by atoms with E-state index in [9.17, 15) is 17.9 Å². The molecule has 0 saturated carbocycles. The molecule has 1 aliphatic rings. The van der Waals surface area contributed by atoms with Gasteiger partial charge in [-0.2, -0.15) is 0 Å². The van der Waals surface area contributed by atoms with Crippen molar-refractivity contribution >= 4 is 21.6 Å². The summed E-state index contributed by atoms with van der Waals surface area (Å²) in [4.78, 5) is -0.224. The fourth-order valence-corrected chi connectivity index (χ4v) is 3.39. The zero-order valence-electron chi connectivity index (χ0n) is 9.90. The van der Waals surface area contributed by atoms with E-state index in [1.54, 1.807) is 0 Å². The van der Waals surface area contributed by atoms with E-state index in [4.69, 9.17) is 16.3 Å². The first-order chi connectivity index (χ1) is 8.82. The van der Waals surface area contributed by atoms with Crippen LogP contribution < -0.4 is 4.72 Å². The minimum absolute atomic E-state index is 0.0761. The summed E-state index contributed by atoms with van der Waals surface area (Å²) >= 11 is 5.70. The predicted molar refractivity (Wildman–Crippen MR) is 67.0 cm³/mol. The molecule has 2 N–H and O–H groups in total. The van der Waals surface area contributed by atoms with Crippen molar-refractivity contribution in [3.05, 3.63) is 29.0 Å². The molecule has 0 spiro atoms. The number of rotatable bonds is 4.